The minimum absolute atomic E-state index is 0.154. The van der Waals surface area contributed by atoms with Gasteiger partial charge in [0.25, 0.3) is 0 Å². The molecule has 0 saturated heterocycles. The summed E-state index contributed by atoms with van der Waals surface area (Å²) in [5.41, 5.74) is 0. The van der Waals surface area contributed by atoms with E-state index in [-0.39, 0.29) is 11.8 Å². The number of nitrogens with zero attached hydrogens (tertiary/aromatic N) is 1. The summed E-state index contributed by atoms with van der Waals surface area (Å²) < 4.78 is 0. The summed E-state index contributed by atoms with van der Waals surface area (Å²) in [6, 6.07) is 0. The fourth-order valence-electron chi connectivity index (χ4n) is 0.379. The molecule has 4 nitrogen and oxygen atoms in total. The van der Waals surface area contributed by atoms with Crippen molar-refractivity contribution in [1.29, 1.82) is 0 Å². The normalized spacial score (nSPS) is 9.73. The molecule has 0 radical (unpaired) electrons. The van der Waals surface area contributed by atoms with E-state index in [0.717, 1.165) is 0 Å². The van der Waals surface area contributed by atoms with Crippen molar-refractivity contribution < 1.29 is 9.59 Å². The first-order chi connectivity index (χ1) is 5.04. The molecular weight excluding hydrogens is 144 g/mol. The van der Waals surface area contributed by atoms with Gasteiger partial charge in [-0.05, 0) is 0 Å². The number of hydrogen-bond acceptors (Lipinski definition) is 2. The molecule has 0 aliphatic rings. The van der Waals surface area contributed by atoms with Crippen molar-refractivity contribution in [2.75, 3.05) is 14.1 Å². The van der Waals surface area contributed by atoms with Crippen LogP contribution in [0.2, 0.25) is 0 Å². The molecule has 4 heteroatoms. The van der Waals surface area contributed by atoms with Crippen LogP contribution in [0.1, 0.15) is 6.92 Å². The van der Waals surface area contributed by atoms with Crippen LogP contribution in [-0.4, -0.2) is 30.8 Å². The lowest BCUT2D eigenvalue weighted by atomic mass is 10.5. The Labute approximate surface area is 65.9 Å². The number of hydrogen-bond donors (Lipinski definition) is 1. The Morgan fingerprint density at radius 1 is 1.36 bits per heavy atom. The van der Waals surface area contributed by atoms with Crippen LogP contribution < -0.4 is 5.32 Å². The fourth-order valence-corrected chi connectivity index (χ4v) is 0.379. The quantitative estimate of drug-likeness (QED) is 0.559. The summed E-state index contributed by atoms with van der Waals surface area (Å²) >= 11 is 0. The Hall–Kier alpha value is -1.32. The molecular formula is C7H12N2O2. The highest BCUT2D eigenvalue weighted by molar-refractivity contribution is 5.87. The van der Waals surface area contributed by atoms with Gasteiger partial charge in [-0.1, -0.05) is 0 Å². The Morgan fingerprint density at radius 2 is 1.91 bits per heavy atom. The minimum atomic E-state index is -0.187. The molecule has 2 amide bonds. The molecule has 0 bridgehead atoms. The third kappa shape index (κ3) is 5.14. The second kappa shape index (κ2) is 4.49. The summed E-state index contributed by atoms with van der Waals surface area (Å²) in [5.74, 6) is -0.341. The fraction of sp³-hybridized carbons (Fsp3) is 0.429. The second-order valence-corrected chi connectivity index (χ2v) is 2.27. The zero-order chi connectivity index (χ0) is 8.85. The number of likely N-dealkylation sites (N-methyl/N-ethyl adjacent to an activating group) is 1. The lowest BCUT2D eigenvalue weighted by Crippen LogP contribution is -2.20. The van der Waals surface area contributed by atoms with Crippen molar-refractivity contribution in [2.24, 2.45) is 0 Å². The molecule has 0 atom stereocenters. The standard InChI is InChI=1S/C7H12N2O2/c1-6(10)8-5-4-7(11)9(2)3/h4-5H,1-3H3,(H,8,10)/b5-4+. The second-order valence-electron chi connectivity index (χ2n) is 2.27. The number of carbonyl (C=O) groups excluding carboxylic acids is 2. The van der Waals surface area contributed by atoms with Crippen molar-refractivity contribution in [3.8, 4) is 0 Å². The van der Waals surface area contributed by atoms with Crippen molar-refractivity contribution in [2.45, 2.75) is 6.92 Å². The van der Waals surface area contributed by atoms with Crippen LogP contribution in [0.15, 0.2) is 12.3 Å². The van der Waals surface area contributed by atoms with Gasteiger partial charge in [0.2, 0.25) is 11.8 Å². The minimum Gasteiger partial charge on any atom is -0.345 e. The van der Waals surface area contributed by atoms with E-state index in [0.29, 0.717) is 0 Å². The maximum absolute atomic E-state index is 10.8. The molecule has 0 aromatic heterocycles. The van der Waals surface area contributed by atoms with E-state index in [9.17, 15) is 9.59 Å². The molecule has 0 rings (SSSR count). The van der Waals surface area contributed by atoms with Gasteiger partial charge in [-0.2, -0.15) is 0 Å². The smallest absolute Gasteiger partial charge is 0.247 e. The van der Waals surface area contributed by atoms with Crippen LogP contribution in [0, 0.1) is 0 Å². The topological polar surface area (TPSA) is 49.4 Å². The van der Waals surface area contributed by atoms with Crippen LogP contribution in [-0.2, 0) is 9.59 Å². The lowest BCUT2D eigenvalue weighted by molar-refractivity contribution is -0.123. The molecule has 0 aromatic carbocycles. The number of amides is 2. The number of nitrogens with one attached hydrogen (secondary N) is 1. The third-order valence-corrected chi connectivity index (χ3v) is 0.953. The monoisotopic (exact) mass is 156 g/mol. The molecule has 0 spiro atoms. The highest BCUT2D eigenvalue weighted by Crippen LogP contribution is 1.79. The van der Waals surface area contributed by atoms with Crippen LogP contribution in [0.5, 0.6) is 0 Å². The molecule has 62 valence electrons. The van der Waals surface area contributed by atoms with Crippen LogP contribution >= 0.6 is 0 Å². The van der Waals surface area contributed by atoms with Gasteiger partial charge in [0.1, 0.15) is 0 Å². The van der Waals surface area contributed by atoms with Gasteiger partial charge < -0.3 is 10.2 Å². The Morgan fingerprint density at radius 3 is 2.27 bits per heavy atom. The van der Waals surface area contributed by atoms with Gasteiger partial charge >= 0.3 is 0 Å². The highest BCUT2D eigenvalue weighted by atomic mass is 16.2. The maximum Gasteiger partial charge on any atom is 0.247 e. The van der Waals surface area contributed by atoms with E-state index in [2.05, 4.69) is 5.32 Å². The summed E-state index contributed by atoms with van der Waals surface area (Å²) in [4.78, 5) is 22.5. The predicted molar refractivity (Wildman–Crippen MR) is 41.7 cm³/mol. The van der Waals surface area contributed by atoms with Crippen LogP contribution in [0.3, 0.4) is 0 Å². The Kier molecular flexibility index (Phi) is 3.95. The Bertz CT molecular complexity index is 185. The largest absolute Gasteiger partial charge is 0.345 e. The van der Waals surface area contributed by atoms with Gasteiger partial charge in [-0.15, -0.1) is 0 Å². The van der Waals surface area contributed by atoms with Crippen molar-refractivity contribution in [3.05, 3.63) is 12.3 Å². The zero-order valence-corrected chi connectivity index (χ0v) is 6.92. The molecule has 0 aliphatic carbocycles. The van der Waals surface area contributed by atoms with E-state index in [1.54, 1.807) is 14.1 Å². The number of rotatable bonds is 2. The predicted octanol–water partition coefficient (Wildman–Crippen LogP) is -0.276. The van der Waals surface area contributed by atoms with Gasteiger partial charge in [-0.25, -0.2) is 0 Å². The number of carbonyl (C=O) groups is 2. The molecule has 0 heterocycles. The van der Waals surface area contributed by atoms with Crippen LogP contribution in [0.4, 0.5) is 0 Å². The van der Waals surface area contributed by atoms with Crippen molar-refractivity contribution in [1.82, 2.24) is 10.2 Å². The van der Waals surface area contributed by atoms with Gasteiger partial charge in [-0.3, -0.25) is 9.59 Å². The van der Waals surface area contributed by atoms with E-state index >= 15 is 0 Å². The molecule has 11 heavy (non-hydrogen) atoms. The van der Waals surface area contributed by atoms with E-state index in [1.165, 1.54) is 24.1 Å². The molecule has 0 aliphatic heterocycles. The van der Waals surface area contributed by atoms with Crippen LogP contribution in [0.25, 0.3) is 0 Å². The molecule has 0 aromatic rings. The average molecular weight is 156 g/mol. The van der Waals surface area contributed by atoms with E-state index < -0.39 is 0 Å². The molecule has 1 N–H and O–H groups in total. The van der Waals surface area contributed by atoms with E-state index in [4.69, 9.17) is 0 Å². The van der Waals surface area contributed by atoms with Gasteiger partial charge in [0.15, 0.2) is 0 Å². The molecule has 0 saturated carbocycles. The third-order valence-electron chi connectivity index (χ3n) is 0.953. The molecule has 0 unspecified atom stereocenters. The summed E-state index contributed by atoms with van der Waals surface area (Å²) in [7, 11) is 3.28. The SMILES string of the molecule is CC(=O)N/C=C/C(=O)N(C)C. The first kappa shape index (κ1) is 9.68. The first-order valence-corrected chi connectivity index (χ1v) is 3.19. The summed E-state index contributed by atoms with van der Waals surface area (Å²) in [5, 5.41) is 2.36. The van der Waals surface area contributed by atoms with E-state index in [1.807, 2.05) is 0 Å². The Balaban J connectivity index is 3.75. The maximum atomic E-state index is 10.8. The van der Waals surface area contributed by atoms with Gasteiger partial charge in [0.05, 0.1) is 0 Å². The highest BCUT2D eigenvalue weighted by Gasteiger charge is 1.95. The summed E-state index contributed by atoms with van der Waals surface area (Å²) in [6.45, 7) is 1.38. The zero-order valence-electron chi connectivity index (χ0n) is 6.92. The average Bonchev–Trinajstić information content (AvgIpc) is 1.86. The molecule has 0 fully saturated rings. The first-order valence-electron chi connectivity index (χ1n) is 3.19. The van der Waals surface area contributed by atoms with Gasteiger partial charge in [0, 0.05) is 33.3 Å². The van der Waals surface area contributed by atoms with Crippen molar-refractivity contribution in [3.63, 3.8) is 0 Å². The lowest BCUT2D eigenvalue weighted by Gasteiger charge is -2.04. The summed E-state index contributed by atoms with van der Waals surface area (Å²) in [6.07, 6.45) is 2.62. The van der Waals surface area contributed by atoms with Crippen molar-refractivity contribution >= 4 is 11.8 Å².